The number of hydrogen-bond acceptors (Lipinski definition) is 4. The van der Waals surface area contributed by atoms with Crippen LogP contribution in [0.25, 0.3) is 0 Å². The summed E-state index contributed by atoms with van der Waals surface area (Å²) in [5.74, 6) is 0. The summed E-state index contributed by atoms with van der Waals surface area (Å²) in [5, 5.41) is 0. The van der Waals surface area contributed by atoms with E-state index in [0.29, 0.717) is 12.6 Å². The zero-order valence-corrected chi connectivity index (χ0v) is 16.9. The molecule has 1 amide bonds. The topological polar surface area (TPSA) is 36.0 Å². The Kier molecular flexibility index (Phi) is 13.4. The molecule has 1 saturated heterocycles. The van der Waals surface area contributed by atoms with Crippen molar-refractivity contribution in [1.29, 1.82) is 0 Å². The van der Waals surface area contributed by atoms with Gasteiger partial charge in [0, 0.05) is 38.8 Å². The summed E-state index contributed by atoms with van der Waals surface area (Å²) in [7, 11) is 0. The summed E-state index contributed by atoms with van der Waals surface area (Å²) in [6.45, 7) is 16.2. The van der Waals surface area contributed by atoms with Gasteiger partial charge in [0.2, 0.25) is 0 Å². The second kappa shape index (κ2) is 13.7. The minimum absolute atomic E-state index is 0. The molecular formula is C18H38ClN3O2. The van der Waals surface area contributed by atoms with Gasteiger partial charge in [0.05, 0.1) is 6.61 Å². The average molecular weight is 364 g/mol. The summed E-state index contributed by atoms with van der Waals surface area (Å²) in [4.78, 5) is 18.7. The van der Waals surface area contributed by atoms with E-state index in [4.69, 9.17) is 4.74 Å². The van der Waals surface area contributed by atoms with Crippen molar-refractivity contribution < 1.29 is 9.53 Å². The van der Waals surface area contributed by atoms with Crippen molar-refractivity contribution in [3.8, 4) is 0 Å². The predicted octanol–water partition coefficient (Wildman–Crippen LogP) is 3.47. The maximum absolute atomic E-state index is 11.8. The van der Waals surface area contributed by atoms with Gasteiger partial charge in [0.25, 0.3) is 0 Å². The van der Waals surface area contributed by atoms with E-state index in [2.05, 4.69) is 30.6 Å². The van der Waals surface area contributed by atoms with Crippen LogP contribution in [0, 0.1) is 0 Å². The first-order chi connectivity index (χ1) is 11.1. The largest absolute Gasteiger partial charge is 0.450 e. The third-order valence-electron chi connectivity index (χ3n) is 4.64. The van der Waals surface area contributed by atoms with Crippen LogP contribution < -0.4 is 0 Å². The third kappa shape index (κ3) is 8.54. The van der Waals surface area contributed by atoms with Crippen LogP contribution in [0.2, 0.25) is 0 Å². The molecule has 0 bridgehead atoms. The molecule has 1 heterocycles. The number of piperazine rings is 1. The van der Waals surface area contributed by atoms with Crippen LogP contribution in [-0.2, 0) is 4.74 Å². The normalized spacial score (nSPS) is 16.8. The van der Waals surface area contributed by atoms with Gasteiger partial charge in [-0.3, -0.25) is 4.90 Å². The van der Waals surface area contributed by atoms with Crippen molar-refractivity contribution in [2.45, 2.75) is 59.4 Å². The number of unbranched alkanes of at least 4 members (excludes halogenated alkanes) is 2. The molecule has 0 spiro atoms. The number of rotatable bonds is 10. The average Bonchev–Trinajstić information content (AvgIpc) is 2.57. The van der Waals surface area contributed by atoms with E-state index in [1.165, 1.54) is 38.8 Å². The van der Waals surface area contributed by atoms with Crippen LogP contribution in [-0.4, -0.2) is 79.3 Å². The van der Waals surface area contributed by atoms with Crippen molar-refractivity contribution >= 4 is 18.5 Å². The highest BCUT2D eigenvalue weighted by atomic mass is 35.5. The molecule has 1 aliphatic rings. The van der Waals surface area contributed by atoms with Gasteiger partial charge in [-0.25, -0.2) is 4.79 Å². The van der Waals surface area contributed by atoms with E-state index in [1.807, 2.05) is 11.8 Å². The highest BCUT2D eigenvalue weighted by Crippen LogP contribution is 2.10. The number of ether oxygens (including phenoxy) is 1. The van der Waals surface area contributed by atoms with Crippen molar-refractivity contribution in [2.75, 3.05) is 52.4 Å². The van der Waals surface area contributed by atoms with E-state index in [0.717, 1.165) is 32.7 Å². The molecular weight excluding hydrogens is 326 g/mol. The number of amides is 1. The minimum Gasteiger partial charge on any atom is -0.450 e. The van der Waals surface area contributed by atoms with Gasteiger partial charge < -0.3 is 14.5 Å². The van der Waals surface area contributed by atoms with Crippen LogP contribution in [0.3, 0.4) is 0 Å². The molecule has 1 rings (SSSR count). The Labute approximate surface area is 155 Å². The van der Waals surface area contributed by atoms with Crippen LogP contribution in [0.5, 0.6) is 0 Å². The van der Waals surface area contributed by atoms with Crippen LogP contribution in [0.4, 0.5) is 4.79 Å². The first-order valence-corrected chi connectivity index (χ1v) is 9.50. The van der Waals surface area contributed by atoms with E-state index in [9.17, 15) is 4.79 Å². The zero-order chi connectivity index (χ0) is 17.1. The number of hydrogen-bond donors (Lipinski definition) is 0. The van der Waals surface area contributed by atoms with Gasteiger partial charge in [0.15, 0.2) is 0 Å². The summed E-state index contributed by atoms with van der Waals surface area (Å²) < 4.78 is 5.09. The Morgan fingerprint density at radius 1 is 1.04 bits per heavy atom. The summed E-state index contributed by atoms with van der Waals surface area (Å²) >= 11 is 0. The Morgan fingerprint density at radius 3 is 2.04 bits per heavy atom. The van der Waals surface area contributed by atoms with Gasteiger partial charge in [0.1, 0.15) is 0 Å². The van der Waals surface area contributed by atoms with Gasteiger partial charge in [-0.05, 0) is 39.8 Å². The van der Waals surface area contributed by atoms with Gasteiger partial charge >= 0.3 is 6.09 Å². The highest BCUT2D eigenvalue weighted by molar-refractivity contribution is 5.85. The molecule has 0 aromatic rings. The summed E-state index contributed by atoms with van der Waals surface area (Å²) in [6, 6.07) is 0.549. The van der Waals surface area contributed by atoms with E-state index in [-0.39, 0.29) is 18.5 Å². The molecule has 0 aliphatic carbocycles. The standard InChI is InChI=1S/C18H37N3O2.ClH/c1-5-8-10-19(11-9-6-2)16-17(4)20-12-14-21(15-13-20)18(22)23-7-3;/h17H,5-16H2,1-4H3;1H. The molecule has 0 N–H and O–H groups in total. The van der Waals surface area contributed by atoms with Crippen molar-refractivity contribution in [3.05, 3.63) is 0 Å². The SMILES string of the molecule is CCCCN(CCCC)CC(C)N1CCN(C(=O)OCC)CC1.Cl. The zero-order valence-electron chi connectivity index (χ0n) is 16.1. The molecule has 1 fully saturated rings. The molecule has 1 unspecified atom stereocenters. The van der Waals surface area contributed by atoms with E-state index in [1.54, 1.807) is 0 Å². The highest BCUT2D eigenvalue weighted by Gasteiger charge is 2.25. The van der Waals surface area contributed by atoms with E-state index >= 15 is 0 Å². The molecule has 1 atom stereocenters. The molecule has 5 nitrogen and oxygen atoms in total. The monoisotopic (exact) mass is 363 g/mol. The Bertz CT molecular complexity index is 315. The summed E-state index contributed by atoms with van der Waals surface area (Å²) in [6.07, 6.45) is 4.93. The smallest absolute Gasteiger partial charge is 0.409 e. The van der Waals surface area contributed by atoms with E-state index < -0.39 is 0 Å². The van der Waals surface area contributed by atoms with Crippen molar-refractivity contribution in [1.82, 2.24) is 14.7 Å². The Hall–Kier alpha value is -0.520. The lowest BCUT2D eigenvalue weighted by atomic mass is 10.2. The van der Waals surface area contributed by atoms with Gasteiger partial charge in [-0.1, -0.05) is 26.7 Å². The molecule has 24 heavy (non-hydrogen) atoms. The second-order valence-electron chi connectivity index (χ2n) is 6.58. The number of nitrogens with zero attached hydrogens (tertiary/aromatic N) is 3. The fraction of sp³-hybridized carbons (Fsp3) is 0.944. The summed E-state index contributed by atoms with van der Waals surface area (Å²) in [5.41, 5.74) is 0. The number of carbonyl (C=O) groups excluding carboxylic acids is 1. The molecule has 6 heteroatoms. The van der Waals surface area contributed by atoms with Crippen molar-refractivity contribution in [2.24, 2.45) is 0 Å². The lowest BCUT2D eigenvalue weighted by Crippen LogP contribution is -2.53. The maximum Gasteiger partial charge on any atom is 0.409 e. The first-order valence-electron chi connectivity index (χ1n) is 9.50. The molecule has 0 aromatic heterocycles. The quantitative estimate of drug-likeness (QED) is 0.595. The van der Waals surface area contributed by atoms with Crippen LogP contribution >= 0.6 is 12.4 Å². The molecule has 0 radical (unpaired) electrons. The first kappa shape index (κ1) is 23.5. The molecule has 0 saturated carbocycles. The molecule has 144 valence electrons. The number of halogens is 1. The van der Waals surface area contributed by atoms with Crippen LogP contribution in [0.1, 0.15) is 53.4 Å². The van der Waals surface area contributed by atoms with Gasteiger partial charge in [-0.2, -0.15) is 0 Å². The molecule has 1 aliphatic heterocycles. The minimum atomic E-state index is -0.160. The number of carbonyl (C=O) groups is 1. The lowest BCUT2D eigenvalue weighted by Gasteiger charge is -2.39. The Morgan fingerprint density at radius 2 is 1.58 bits per heavy atom. The van der Waals surface area contributed by atoms with Crippen LogP contribution in [0.15, 0.2) is 0 Å². The van der Waals surface area contributed by atoms with Crippen molar-refractivity contribution in [3.63, 3.8) is 0 Å². The maximum atomic E-state index is 11.8. The predicted molar refractivity (Wildman–Crippen MR) is 103 cm³/mol. The van der Waals surface area contributed by atoms with Gasteiger partial charge in [-0.15, -0.1) is 12.4 Å². The molecule has 0 aromatic carbocycles. The fourth-order valence-electron chi connectivity index (χ4n) is 3.11. The Balaban J connectivity index is 0.00000529. The second-order valence-corrected chi connectivity index (χ2v) is 6.58. The third-order valence-corrected chi connectivity index (χ3v) is 4.64. The lowest BCUT2D eigenvalue weighted by molar-refractivity contribution is 0.0602. The fourth-order valence-corrected chi connectivity index (χ4v) is 3.11.